The predicted octanol–water partition coefficient (Wildman–Crippen LogP) is 4.84. The molecule has 0 saturated carbocycles. The first-order valence-corrected chi connectivity index (χ1v) is 11.7. The van der Waals surface area contributed by atoms with Crippen molar-refractivity contribution in [1.82, 2.24) is 4.98 Å². The number of hydrogen-bond donors (Lipinski definition) is 0. The number of aryl methyl sites for hydroxylation is 1. The third-order valence-corrected chi connectivity index (χ3v) is 8.46. The minimum Gasteiger partial charge on any atom is -0.348 e. The van der Waals surface area contributed by atoms with Gasteiger partial charge in [0.05, 0.1) is 10.9 Å². The van der Waals surface area contributed by atoms with Gasteiger partial charge in [0.1, 0.15) is 16.5 Å². The molecule has 3 aromatic rings. The van der Waals surface area contributed by atoms with E-state index in [1.807, 2.05) is 36.6 Å². The van der Waals surface area contributed by atoms with Crippen molar-refractivity contribution >= 4 is 26.3 Å². The van der Waals surface area contributed by atoms with Gasteiger partial charge >= 0.3 is 0 Å². The zero-order valence-corrected chi connectivity index (χ0v) is 17.4. The fourth-order valence-electron chi connectivity index (χ4n) is 3.64. The van der Waals surface area contributed by atoms with E-state index in [0.29, 0.717) is 32.0 Å². The van der Waals surface area contributed by atoms with Crippen LogP contribution in [-0.4, -0.2) is 31.7 Å². The van der Waals surface area contributed by atoms with Gasteiger partial charge in [-0.05, 0) is 37.5 Å². The molecule has 2 aromatic carbocycles. The van der Waals surface area contributed by atoms with Gasteiger partial charge in [0, 0.05) is 30.1 Å². The first kappa shape index (κ1) is 20.0. The van der Waals surface area contributed by atoms with Crippen LogP contribution in [0.2, 0.25) is 0 Å². The molecule has 0 bridgehead atoms. The van der Waals surface area contributed by atoms with E-state index >= 15 is 0 Å². The number of rotatable bonds is 4. The summed E-state index contributed by atoms with van der Waals surface area (Å²) in [7, 11) is -3.84. The fourth-order valence-corrected chi connectivity index (χ4v) is 6.29. The van der Waals surface area contributed by atoms with Crippen LogP contribution in [0.4, 0.5) is 13.9 Å². The molecule has 1 aromatic heterocycles. The van der Waals surface area contributed by atoms with E-state index in [-0.39, 0.29) is 0 Å². The number of halogens is 2. The normalized spacial score (nSPS) is 15.6. The molecular weight excluding hydrogens is 414 g/mol. The van der Waals surface area contributed by atoms with E-state index in [4.69, 9.17) is 4.98 Å². The second-order valence-electron chi connectivity index (χ2n) is 7.14. The van der Waals surface area contributed by atoms with E-state index in [2.05, 4.69) is 4.90 Å². The number of piperidine rings is 1. The number of benzene rings is 2. The Balaban J connectivity index is 1.48. The fraction of sp³-hybridized carbons (Fsp3) is 0.286. The number of anilines is 1. The van der Waals surface area contributed by atoms with E-state index in [0.717, 1.165) is 34.1 Å². The van der Waals surface area contributed by atoms with E-state index in [9.17, 15) is 17.2 Å². The molecule has 0 spiro atoms. The van der Waals surface area contributed by atoms with Crippen molar-refractivity contribution < 1.29 is 17.2 Å². The van der Waals surface area contributed by atoms with Crippen LogP contribution in [0.15, 0.2) is 52.7 Å². The van der Waals surface area contributed by atoms with Gasteiger partial charge in [0.15, 0.2) is 15.0 Å². The van der Waals surface area contributed by atoms with Gasteiger partial charge in [-0.3, -0.25) is 0 Å². The number of hydrogen-bond acceptors (Lipinski definition) is 5. The summed E-state index contributed by atoms with van der Waals surface area (Å²) in [5.41, 5.74) is 3.14. The molecule has 0 aliphatic carbocycles. The average molecular weight is 435 g/mol. The van der Waals surface area contributed by atoms with Crippen LogP contribution in [-0.2, 0) is 9.84 Å². The summed E-state index contributed by atoms with van der Waals surface area (Å²) in [5, 5.41) is 2.18. The Kier molecular flexibility index (Phi) is 5.40. The smallest absolute Gasteiger partial charge is 0.185 e. The number of aromatic nitrogens is 1. The summed E-state index contributed by atoms with van der Waals surface area (Å²) in [5.74, 6) is -1.82. The van der Waals surface area contributed by atoms with Crippen molar-refractivity contribution in [3.05, 3.63) is 65.0 Å². The third kappa shape index (κ3) is 3.91. The highest BCUT2D eigenvalue weighted by molar-refractivity contribution is 7.92. The minimum absolute atomic E-state index is 0.373. The van der Waals surface area contributed by atoms with Gasteiger partial charge in [-0.15, -0.1) is 11.3 Å². The SMILES string of the molecule is Cc1ccccc1-c1csc(N2CCC(S(=O)(=O)c3ccc(F)cc3F)CC2)n1. The molecule has 4 rings (SSSR count). The van der Waals surface area contributed by atoms with Crippen LogP contribution in [0.25, 0.3) is 11.3 Å². The van der Waals surface area contributed by atoms with Crippen molar-refractivity contribution in [1.29, 1.82) is 0 Å². The standard InChI is InChI=1S/C21H20F2N2O2S2/c1-14-4-2-3-5-17(14)19-13-28-21(24-19)25-10-8-16(9-11-25)29(26,27)20-7-6-15(22)12-18(20)23/h2-7,12-13,16H,8-11H2,1H3. The van der Waals surface area contributed by atoms with Gasteiger partial charge in [-0.1, -0.05) is 24.3 Å². The Labute approximate surface area is 172 Å². The topological polar surface area (TPSA) is 50.3 Å². The zero-order valence-electron chi connectivity index (χ0n) is 15.8. The van der Waals surface area contributed by atoms with Crippen LogP contribution in [0.1, 0.15) is 18.4 Å². The van der Waals surface area contributed by atoms with Gasteiger partial charge < -0.3 is 4.90 Å². The first-order valence-electron chi connectivity index (χ1n) is 9.31. The molecule has 1 aliphatic rings. The Morgan fingerprint density at radius 3 is 2.52 bits per heavy atom. The second-order valence-corrected chi connectivity index (χ2v) is 10.2. The molecule has 1 fully saturated rings. The van der Waals surface area contributed by atoms with Crippen LogP contribution < -0.4 is 4.90 Å². The van der Waals surface area contributed by atoms with Gasteiger partial charge in [-0.25, -0.2) is 22.2 Å². The molecule has 152 valence electrons. The predicted molar refractivity (Wildman–Crippen MR) is 111 cm³/mol. The van der Waals surface area contributed by atoms with Crippen molar-refractivity contribution in [2.75, 3.05) is 18.0 Å². The maximum Gasteiger partial charge on any atom is 0.185 e. The average Bonchev–Trinajstić information content (AvgIpc) is 3.18. The Morgan fingerprint density at radius 2 is 1.83 bits per heavy atom. The monoisotopic (exact) mass is 434 g/mol. The van der Waals surface area contributed by atoms with Crippen molar-refractivity contribution in [2.24, 2.45) is 0 Å². The Morgan fingerprint density at radius 1 is 1.10 bits per heavy atom. The van der Waals surface area contributed by atoms with Gasteiger partial charge in [-0.2, -0.15) is 0 Å². The van der Waals surface area contributed by atoms with Crippen molar-refractivity contribution in [3.8, 4) is 11.3 Å². The molecule has 8 heteroatoms. The van der Waals surface area contributed by atoms with Crippen LogP contribution >= 0.6 is 11.3 Å². The summed E-state index contributed by atoms with van der Waals surface area (Å²) >= 11 is 1.53. The van der Waals surface area contributed by atoms with E-state index in [1.165, 1.54) is 11.3 Å². The molecule has 0 unspecified atom stereocenters. The van der Waals surface area contributed by atoms with Crippen LogP contribution in [0, 0.1) is 18.6 Å². The lowest BCUT2D eigenvalue weighted by Gasteiger charge is -2.31. The highest BCUT2D eigenvalue weighted by Gasteiger charge is 2.34. The van der Waals surface area contributed by atoms with Gasteiger partial charge in [0.25, 0.3) is 0 Å². The second kappa shape index (κ2) is 7.84. The maximum absolute atomic E-state index is 14.0. The molecule has 0 radical (unpaired) electrons. The summed E-state index contributed by atoms with van der Waals surface area (Å²) in [4.78, 5) is 6.37. The van der Waals surface area contributed by atoms with Crippen LogP contribution in [0.5, 0.6) is 0 Å². The molecule has 2 heterocycles. The van der Waals surface area contributed by atoms with Crippen LogP contribution in [0.3, 0.4) is 0 Å². The maximum atomic E-state index is 14.0. The highest BCUT2D eigenvalue weighted by Crippen LogP contribution is 2.33. The lowest BCUT2D eigenvalue weighted by molar-refractivity contribution is 0.516. The van der Waals surface area contributed by atoms with E-state index in [1.54, 1.807) is 0 Å². The van der Waals surface area contributed by atoms with Crippen molar-refractivity contribution in [3.63, 3.8) is 0 Å². The molecular formula is C21H20F2N2O2S2. The third-order valence-electron chi connectivity index (χ3n) is 5.26. The molecule has 1 aliphatic heterocycles. The number of nitrogens with zero attached hydrogens (tertiary/aromatic N) is 2. The summed E-state index contributed by atoms with van der Waals surface area (Å²) < 4.78 is 52.7. The van der Waals surface area contributed by atoms with E-state index < -0.39 is 31.6 Å². The first-order chi connectivity index (χ1) is 13.9. The summed E-state index contributed by atoms with van der Waals surface area (Å²) in [6.07, 6.45) is 0.747. The molecule has 0 amide bonds. The minimum atomic E-state index is -3.84. The highest BCUT2D eigenvalue weighted by atomic mass is 32.2. The lowest BCUT2D eigenvalue weighted by Crippen LogP contribution is -2.39. The molecule has 1 saturated heterocycles. The summed E-state index contributed by atoms with van der Waals surface area (Å²) in [6.45, 7) is 3.08. The Bertz CT molecular complexity index is 1140. The molecule has 0 atom stereocenters. The quantitative estimate of drug-likeness (QED) is 0.552. The lowest BCUT2D eigenvalue weighted by atomic mass is 10.1. The molecule has 0 N–H and O–H groups in total. The van der Waals surface area contributed by atoms with Crippen molar-refractivity contribution in [2.45, 2.75) is 29.9 Å². The number of thiazole rings is 1. The zero-order chi connectivity index (χ0) is 20.6. The molecule has 29 heavy (non-hydrogen) atoms. The number of sulfone groups is 1. The molecule has 4 nitrogen and oxygen atoms in total. The Hall–Kier alpha value is -2.32. The largest absolute Gasteiger partial charge is 0.348 e. The summed E-state index contributed by atoms with van der Waals surface area (Å²) in [6, 6.07) is 10.6. The van der Waals surface area contributed by atoms with Gasteiger partial charge in [0.2, 0.25) is 0 Å².